The second kappa shape index (κ2) is 5.73. The molecule has 0 unspecified atom stereocenters. The zero-order valence-electron chi connectivity index (χ0n) is 10.5. The Morgan fingerprint density at radius 3 is 2.75 bits per heavy atom. The van der Waals surface area contributed by atoms with Crippen LogP contribution in [0.3, 0.4) is 0 Å². The first-order valence-corrected chi connectivity index (χ1v) is 6.91. The molecule has 7 heteroatoms. The first kappa shape index (κ1) is 15.3. The molecule has 1 N–H and O–H groups in total. The summed E-state index contributed by atoms with van der Waals surface area (Å²) in [6, 6.07) is 2.81. The highest BCUT2D eigenvalue weighted by Gasteiger charge is 2.33. The number of carboxylic acid groups (broad SMARTS) is 1. The van der Waals surface area contributed by atoms with Gasteiger partial charge in [-0.15, -0.1) is 0 Å². The van der Waals surface area contributed by atoms with Crippen molar-refractivity contribution in [1.29, 1.82) is 0 Å². The van der Waals surface area contributed by atoms with Crippen LogP contribution in [0.4, 0.5) is 13.2 Å². The molecule has 1 aliphatic heterocycles. The third-order valence-electron chi connectivity index (χ3n) is 3.40. The van der Waals surface area contributed by atoms with Gasteiger partial charge < -0.3 is 5.11 Å². The summed E-state index contributed by atoms with van der Waals surface area (Å²) < 4.78 is 38.6. The topological polar surface area (TPSA) is 40.5 Å². The molecule has 0 radical (unpaired) electrons. The minimum atomic E-state index is -4.40. The van der Waals surface area contributed by atoms with Crippen molar-refractivity contribution in [2.24, 2.45) is 0 Å². The maximum Gasteiger partial charge on any atom is 0.416 e. The first-order chi connectivity index (χ1) is 9.29. The van der Waals surface area contributed by atoms with E-state index in [9.17, 15) is 18.0 Å². The van der Waals surface area contributed by atoms with Crippen LogP contribution in [0.2, 0.25) is 0 Å². The average molecular weight is 352 g/mol. The fourth-order valence-corrected chi connectivity index (χ4v) is 2.76. The number of aliphatic carboxylic acids is 1. The molecular weight excluding hydrogens is 339 g/mol. The second-order valence-electron chi connectivity index (χ2n) is 4.77. The van der Waals surface area contributed by atoms with Gasteiger partial charge >= 0.3 is 12.1 Å². The van der Waals surface area contributed by atoms with Gasteiger partial charge in [0.15, 0.2) is 0 Å². The maximum absolute atomic E-state index is 12.7. The summed E-state index contributed by atoms with van der Waals surface area (Å²) in [4.78, 5) is 12.8. The molecular formula is C13H13BrF3NO2. The molecule has 1 fully saturated rings. The van der Waals surface area contributed by atoms with Crippen LogP contribution in [0.5, 0.6) is 0 Å². The summed E-state index contributed by atoms with van der Waals surface area (Å²) in [7, 11) is 0. The van der Waals surface area contributed by atoms with E-state index in [2.05, 4.69) is 15.9 Å². The van der Waals surface area contributed by atoms with Gasteiger partial charge in [0, 0.05) is 11.0 Å². The summed E-state index contributed by atoms with van der Waals surface area (Å²) in [5.41, 5.74) is -0.269. The smallest absolute Gasteiger partial charge is 0.416 e. The van der Waals surface area contributed by atoms with Gasteiger partial charge in [0.2, 0.25) is 0 Å². The van der Waals surface area contributed by atoms with Crippen LogP contribution < -0.4 is 0 Å². The molecule has 1 heterocycles. The number of rotatable bonds is 3. The highest BCUT2D eigenvalue weighted by atomic mass is 79.9. The standard InChI is InChI=1S/C13H13BrF3NO2/c14-10-4-3-9(13(15,16)17)6-8(10)7-18-5-1-2-11(18)12(19)20/h3-4,6,11H,1-2,5,7H2,(H,19,20)/t11-/m1/s1. The van der Waals surface area contributed by atoms with Crippen LogP contribution in [-0.2, 0) is 17.5 Å². The quantitative estimate of drug-likeness (QED) is 0.905. The van der Waals surface area contributed by atoms with Gasteiger partial charge in [-0.3, -0.25) is 9.69 Å². The number of nitrogens with zero attached hydrogens (tertiary/aromatic N) is 1. The van der Waals surface area contributed by atoms with Crippen molar-refractivity contribution < 1.29 is 23.1 Å². The fourth-order valence-electron chi connectivity index (χ4n) is 2.39. The van der Waals surface area contributed by atoms with E-state index in [4.69, 9.17) is 5.11 Å². The van der Waals surface area contributed by atoms with Crippen molar-refractivity contribution >= 4 is 21.9 Å². The molecule has 1 aliphatic rings. The molecule has 1 saturated heterocycles. The first-order valence-electron chi connectivity index (χ1n) is 6.11. The Morgan fingerprint density at radius 1 is 1.45 bits per heavy atom. The van der Waals surface area contributed by atoms with E-state index in [-0.39, 0.29) is 6.54 Å². The predicted octanol–water partition coefficient (Wildman–Crippen LogP) is 3.52. The van der Waals surface area contributed by atoms with Crippen LogP contribution in [-0.4, -0.2) is 28.6 Å². The van der Waals surface area contributed by atoms with E-state index in [1.165, 1.54) is 6.07 Å². The number of halogens is 4. The van der Waals surface area contributed by atoms with E-state index in [0.717, 1.165) is 18.6 Å². The van der Waals surface area contributed by atoms with Crippen LogP contribution in [0, 0.1) is 0 Å². The van der Waals surface area contributed by atoms with E-state index in [1.807, 2.05) is 0 Å². The largest absolute Gasteiger partial charge is 0.480 e. The number of alkyl halides is 3. The third-order valence-corrected chi connectivity index (χ3v) is 4.17. The van der Waals surface area contributed by atoms with Crippen LogP contribution >= 0.6 is 15.9 Å². The Bertz CT molecular complexity index is 519. The van der Waals surface area contributed by atoms with Crippen molar-refractivity contribution in [2.75, 3.05) is 6.54 Å². The van der Waals surface area contributed by atoms with Crippen molar-refractivity contribution in [3.05, 3.63) is 33.8 Å². The number of likely N-dealkylation sites (tertiary alicyclic amines) is 1. The Balaban J connectivity index is 2.22. The zero-order chi connectivity index (χ0) is 14.9. The number of carbonyl (C=O) groups is 1. The highest BCUT2D eigenvalue weighted by molar-refractivity contribution is 9.10. The van der Waals surface area contributed by atoms with Gasteiger partial charge in [-0.05, 0) is 43.1 Å². The maximum atomic E-state index is 12.7. The molecule has 0 amide bonds. The minimum absolute atomic E-state index is 0.196. The van der Waals surface area contributed by atoms with E-state index < -0.39 is 23.8 Å². The van der Waals surface area contributed by atoms with Gasteiger partial charge in [0.05, 0.1) is 5.56 Å². The normalized spacial score (nSPS) is 20.3. The third kappa shape index (κ3) is 3.32. The van der Waals surface area contributed by atoms with Crippen LogP contribution in [0.1, 0.15) is 24.0 Å². The van der Waals surface area contributed by atoms with Gasteiger partial charge in [0.1, 0.15) is 6.04 Å². The molecule has 110 valence electrons. The van der Waals surface area contributed by atoms with Crippen molar-refractivity contribution in [1.82, 2.24) is 4.90 Å². The zero-order valence-corrected chi connectivity index (χ0v) is 12.0. The molecule has 0 aliphatic carbocycles. The van der Waals surface area contributed by atoms with Crippen molar-refractivity contribution in [2.45, 2.75) is 31.6 Å². The lowest BCUT2D eigenvalue weighted by Gasteiger charge is -2.22. The molecule has 1 atom stereocenters. The second-order valence-corrected chi connectivity index (χ2v) is 5.63. The Kier molecular flexibility index (Phi) is 4.39. The Morgan fingerprint density at radius 2 is 2.15 bits per heavy atom. The van der Waals surface area contributed by atoms with Crippen molar-refractivity contribution in [3.8, 4) is 0 Å². The average Bonchev–Trinajstić information content (AvgIpc) is 2.78. The number of carboxylic acids is 1. The molecule has 0 saturated carbocycles. The lowest BCUT2D eigenvalue weighted by atomic mass is 10.1. The summed E-state index contributed by atoms with van der Waals surface area (Å²) in [6.07, 6.45) is -3.12. The molecule has 0 bridgehead atoms. The van der Waals surface area contributed by atoms with Gasteiger partial charge in [-0.25, -0.2) is 0 Å². The molecule has 3 nitrogen and oxygen atoms in total. The Labute approximate surface area is 122 Å². The predicted molar refractivity (Wildman–Crippen MR) is 70.2 cm³/mol. The van der Waals surface area contributed by atoms with Gasteiger partial charge in [-0.1, -0.05) is 15.9 Å². The lowest BCUT2D eigenvalue weighted by Crippen LogP contribution is -2.35. The van der Waals surface area contributed by atoms with E-state index in [0.29, 0.717) is 23.0 Å². The molecule has 1 aromatic carbocycles. The molecule has 1 aromatic rings. The minimum Gasteiger partial charge on any atom is -0.480 e. The van der Waals surface area contributed by atoms with E-state index >= 15 is 0 Å². The summed E-state index contributed by atoms with van der Waals surface area (Å²) in [5, 5.41) is 9.08. The van der Waals surface area contributed by atoms with Crippen LogP contribution in [0.25, 0.3) is 0 Å². The highest BCUT2D eigenvalue weighted by Crippen LogP contribution is 2.33. The Hall–Kier alpha value is -1.08. The number of hydrogen-bond acceptors (Lipinski definition) is 2. The molecule has 20 heavy (non-hydrogen) atoms. The number of benzene rings is 1. The molecule has 0 spiro atoms. The van der Waals surface area contributed by atoms with Gasteiger partial charge in [0.25, 0.3) is 0 Å². The summed E-state index contributed by atoms with van der Waals surface area (Å²) >= 11 is 3.22. The fraction of sp³-hybridized carbons (Fsp3) is 0.462. The lowest BCUT2D eigenvalue weighted by molar-refractivity contribution is -0.142. The SMILES string of the molecule is O=C(O)[C@H]1CCCN1Cc1cc(C(F)(F)F)ccc1Br. The monoisotopic (exact) mass is 351 g/mol. The summed E-state index contributed by atoms with van der Waals surface area (Å²) in [6.45, 7) is 0.779. The van der Waals surface area contributed by atoms with E-state index in [1.54, 1.807) is 4.90 Å². The van der Waals surface area contributed by atoms with Crippen molar-refractivity contribution in [3.63, 3.8) is 0 Å². The van der Waals surface area contributed by atoms with Gasteiger partial charge in [-0.2, -0.15) is 13.2 Å². The van der Waals surface area contributed by atoms with Crippen LogP contribution in [0.15, 0.2) is 22.7 Å². The molecule has 0 aromatic heterocycles. The summed E-state index contributed by atoms with van der Waals surface area (Å²) in [5.74, 6) is -0.925. The molecule has 2 rings (SSSR count). The number of hydrogen-bond donors (Lipinski definition) is 1.